The zero-order valence-corrected chi connectivity index (χ0v) is 20.3. The molecule has 0 bridgehead atoms. The third kappa shape index (κ3) is 6.49. The Kier molecular flexibility index (Phi) is 7.83. The van der Waals surface area contributed by atoms with Gasteiger partial charge in [-0.1, -0.05) is 24.3 Å². The lowest BCUT2D eigenvalue weighted by atomic mass is 9.64. The van der Waals surface area contributed by atoms with E-state index in [0.29, 0.717) is 43.6 Å². The summed E-state index contributed by atoms with van der Waals surface area (Å²) in [6, 6.07) is 15.1. The maximum absolute atomic E-state index is 13.4. The van der Waals surface area contributed by atoms with E-state index in [2.05, 4.69) is 25.7 Å². The first-order valence-electron chi connectivity index (χ1n) is 11.8. The summed E-state index contributed by atoms with van der Waals surface area (Å²) in [6.45, 7) is 1.78. The summed E-state index contributed by atoms with van der Waals surface area (Å²) in [6.07, 6.45) is -0.257. The topological polar surface area (TPSA) is 91.2 Å². The minimum Gasteiger partial charge on any atom is -0.469 e. The minimum atomic E-state index is -4.81. The van der Waals surface area contributed by atoms with Gasteiger partial charge in [-0.25, -0.2) is 4.98 Å². The number of halogens is 3. The summed E-state index contributed by atoms with van der Waals surface area (Å²) in [4.78, 5) is 22.8. The maximum atomic E-state index is 13.4. The quantitative estimate of drug-likeness (QED) is 0.442. The Labute approximate surface area is 212 Å². The summed E-state index contributed by atoms with van der Waals surface area (Å²) in [7, 11) is 1.34. The summed E-state index contributed by atoms with van der Waals surface area (Å²) >= 11 is 0. The van der Waals surface area contributed by atoms with E-state index < -0.39 is 17.7 Å². The molecule has 1 fully saturated rings. The van der Waals surface area contributed by atoms with Crippen molar-refractivity contribution < 1.29 is 27.4 Å². The van der Waals surface area contributed by atoms with E-state index in [9.17, 15) is 18.0 Å². The molecule has 1 saturated heterocycles. The molecule has 1 aromatic heterocycles. The van der Waals surface area contributed by atoms with Gasteiger partial charge in [0.2, 0.25) is 0 Å². The van der Waals surface area contributed by atoms with E-state index in [4.69, 9.17) is 10.00 Å². The highest BCUT2D eigenvalue weighted by atomic mass is 19.4. The fourth-order valence-electron chi connectivity index (χ4n) is 5.15. The number of ether oxygens (including phenoxy) is 2. The Morgan fingerprint density at radius 2 is 2.03 bits per heavy atom. The van der Waals surface area contributed by atoms with Gasteiger partial charge < -0.3 is 14.5 Å². The number of hydrogen-bond acceptors (Lipinski definition) is 6. The van der Waals surface area contributed by atoms with Crippen molar-refractivity contribution in [1.29, 1.82) is 5.26 Å². The zero-order valence-electron chi connectivity index (χ0n) is 20.3. The number of carbonyl (C=O) groups is 1. The monoisotopic (exact) mass is 512 g/mol. The zero-order chi connectivity index (χ0) is 26.5. The van der Waals surface area contributed by atoms with Crippen LogP contribution in [-0.4, -0.2) is 47.4 Å². The van der Waals surface area contributed by atoms with E-state index in [0.717, 1.165) is 11.3 Å². The number of hydrogen-bond donors (Lipinski definition) is 1. The molecule has 0 saturated carbocycles. The Bertz CT molecular complexity index is 1240. The second-order valence-corrected chi connectivity index (χ2v) is 9.29. The van der Waals surface area contributed by atoms with Crippen molar-refractivity contribution in [3.63, 3.8) is 0 Å². The molecule has 0 spiro atoms. The van der Waals surface area contributed by atoms with Crippen molar-refractivity contribution >= 4 is 5.97 Å². The number of likely N-dealkylation sites (tertiary alicyclic amines) is 1. The number of esters is 1. The molecule has 1 aliphatic rings. The molecular weight excluding hydrogens is 485 g/mol. The second kappa shape index (κ2) is 11.0. The van der Waals surface area contributed by atoms with Crippen LogP contribution in [0.1, 0.15) is 28.8 Å². The van der Waals surface area contributed by atoms with Gasteiger partial charge in [-0.05, 0) is 67.1 Å². The molecule has 0 radical (unpaired) electrons. The smallest absolute Gasteiger partial charge is 0.469 e. The van der Waals surface area contributed by atoms with E-state index >= 15 is 0 Å². The van der Waals surface area contributed by atoms with Gasteiger partial charge in [0.1, 0.15) is 5.75 Å². The van der Waals surface area contributed by atoms with Crippen LogP contribution in [0.5, 0.6) is 5.75 Å². The molecule has 194 valence electrons. The molecule has 1 N–H and O–H groups in total. The molecule has 7 nitrogen and oxygen atoms in total. The Hall–Kier alpha value is -3.84. The summed E-state index contributed by atoms with van der Waals surface area (Å²) in [5, 5.41) is 9.15. The highest BCUT2D eigenvalue weighted by Gasteiger charge is 2.49. The fraction of sp³-hybridized carbons (Fsp3) is 0.370. The first-order chi connectivity index (χ1) is 17.7. The number of carbonyl (C=O) groups excluding carboxylic acids is 1. The van der Waals surface area contributed by atoms with Gasteiger partial charge in [-0.2, -0.15) is 5.26 Å². The number of nitrogens with one attached hydrogen (secondary N) is 1. The summed E-state index contributed by atoms with van der Waals surface area (Å²) in [5.74, 6) is -0.934. The molecule has 0 amide bonds. The van der Waals surface area contributed by atoms with E-state index in [1.165, 1.54) is 25.3 Å². The van der Waals surface area contributed by atoms with Crippen LogP contribution in [0.2, 0.25) is 0 Å². The lowest BCUT2D eigenvalue weighted by Gasteiger charge is -2.46. The molecule has 2 aromatic carbocycles. The Morgan fingerprint density at radius 3 is 2.68 bits per heavy atom. The fourth-order valence-corrected chi connectivity index (χ4v) is 5.15. The minimum absolute atomic E-state index is 0.202. The SMILES string of the molecule is COC(=O)C1(Cc2cccc(OC(F)(F)F)c2)CCN(Cc2cnc[nH]2)CC1Cc1ccc(C#N)cc1. The van der Waals surface area contributed by atoms with Crippen molar-refractivity contribution in [1.82, 2.24) is 14.9 Å². The van der Waals surface area contributed by atoms with Crippen molar-refractivity contribution in [2.24, 2.45) is 11.3 Å². The second-order valence-electron chi connectivity index (χ2n) is 9.29. The molecular formula is C27H27F3N4O3. The van der Waals surface area contributed by atoms with Gasteiger partial charge in [0.05, 0.1) is 30.5 Å². The van der Waals surface area contributed by atoms with Crippen molar-refractivity contribution in [3.05, 3.63) is 83.4 Å². The van der Waals surface area contributed by atoms with Gasteiger partial charge in [0, 0.05) is 25.0 Å². The van der Waals surface area contributed by atoms with Crippen LogP contribution >= 0.6 is 0 Å². The molecule has 3 aromatic rings. The van der Waals surface area contributed by atoms with Crippen LogP contribution in [0.25, 0.3) is 0 Å². The van der Waals surface area contributed by atoms with Crippen LogP contribution in [-0.2, 0) is 28.9 Å². The molecule has 2 atom stereocenters. The van der Waals surface area contributed by atoms with Crippen LogP contribution in [0.3, 0.4) is 0 Å². The van der Waals surface area contributed by atoms with Crippen molar-refractivity contribution in [2.45, 2.75) is 32.2 Å². The largest absolute Gasteiger partial charge is 0.573 e. The number of aromatic nitrogens is 2. The average molecular weight is 513 g/mol. The Morgan fingerprint density at radius 1 is 1.24 bits per heavy atom. The number of alkyl halides is 3. The normalized spacial score (nSPS) is 20.2. The number of methoxy groups -OCH3 is 1. The van der Waals surface area contributed by atoms with E-state index in [1.807, 2.05) is 12.1 Å². The summed E-state index contributed by atoms with van der Waals surface area (Å²) in [5.41, 5.74) is 2.02. The third-order valence-corrected chi connectivity index (χ3v) is 6.89. The molecule has 10 heteroatoms. The number of rotatable bonds is 8. The van der Waals surface area contributed by atoms with Gasteiger partial charge in [-0.15, -0.1) is 13.2 Å². The third-order valence-electron chi connectivity index (χ3n) is 6.89. The molecule has 0 aliphatic carbocycles. The van der Waals surface area contributed by atoms with Gasteiger partial charge in [-0.3, -0.25) is 9.69 Å². The predicted octanol–water partition coefficient (Wildman–Crippen LogP) is 4.65. The van der Waals surface area contributed by atoms with E-state index in [1.54, 1.807) is 30.7 Å². The van der Waals surface area contributed by atoms with Crippen LogP contribution in [0, 0.1) is 22.7 Å². The van der Waals surface area contributed by atoms with Crippen LogP contribution in [0.15, 0.2) is 61.1 Å². The Balaban J connectivity index is 1.67. The molecule has 37 heavy (non-hydrogen) atoms. The average Bonchev–Trinajstić information content (AvgIpc) is 3.38. The maximum Gasteiger partial charge on any atom is 0.573 e. The van der Waals surface area contributed by atoms with Gasteiger partial charge in [0.15, 0.2) is 0 Å². The number of imidazole rings is 1. The van der Waals surface area contributed by atoms with Crippen molar-refractivity contribution in [2.75, 3.05) is 20.2 Å². The first-order valence-corrected chi connectivity index (χ1v) is 11.8. The number of H-pyrrole nitrogens is 1. The van der Waals surface area contributed by atoms with Crippen LogP contribution < -0.4 is 4.74 Å². The molecule has 2 unspecified atom stereocenters. The van der Waals surface area contributed by atoms with Crippen LogP contribution in [0.4, 0.5) is 13.2 Å². The number of piperidine rings is 1. The molecule has 4 rings (SSSR count). The lowest BCUT2D eigenvalue weighted by molar-refractivity contribution is -0.274. The van der Waals surface area contributed by atoms with Gasteiger partial charge >= 0.3 is 12.3 Å². The first kappa shape index (κ1) is 26.2. The number of nitriles is 1. The molecule has 2 heterocycles. The standard InChI is InChI=1S/C27H27F3N4O3/c1-36-25(35)26(13-21-3-2-4-24(12-21)37-27(28,29)30)9-10-34(17-23-15-32-18-33-23)16-22(26)11-19-5-7-20(14-31)8-6-19/h2-8,12,15,18,22H,9-11,13,16-17H2,1H3,(H,32,33). The highest BCUT2D eigenvalue weighted by molar-refractivity contribution is 5.78. The number of benzene rings is 2. The van der Waals surface area contributed by atoms with E-state index in [-0.39, 0.29) is 18.1 Å². The van der Waals surface area contributed by atoms with Crippen molar-refractivity contribution in [3.8, 4) is 11.8 Å². The summed E-state index contributed by atoms with van der Waals surface area (Å²) < 4.78 is 47.9. The molecule has 1 aliphatic heterocycles. The van der Waals surface area contributed by atoms with Gasteiger partial charge in [0.25, 0.3) is 0 Å². The lowest BCUT2D eigenvalue weighted by Crippen LogP contribution is -2.53. The number of aromatic amines is 1. The highest BCUT2D eigenvalue weighted by Crippen LogP contribution is 2.43. The number of nitrogens with zero attached hydrogens (tertiary/aromatic N) is 3. The predicted molar refractivity (Wildman–Crippen MR) is 128 cm³/mol.